The van der Waals surface area contributed by atoms with E-state index in [1.54, 1.807) is 24.3 Å². The molecule has 0 saturated carbocycles. The van der Waals surface area contributed by atoms with Crippen molar-refractivity contribution < 1.29 is 24.2 Å². The zero-order valence-electron chi connectivity index (χ0n) is 23.4. The van der Waals surface area contributed by atoms with Gasteiger partial charge in [0.15, 0.2) is 0 Å². The molecule has 5 rings (SSSR count). The number of hydrogen-bond acceptors (Lipinski definition) is 5. The van der Waals surface area contributed by atoms with Gasteiger partial charge in [0, 0.05) is 11.3 Å². The minimum absolute atomic E-state index is 0.0377. The van der Waals surface area contributed by atoms with Crippen molar-refractivity contribution in [2.75, 3.05) is 11.5 Å². The Bertz CT molecular complexity index is 1560. The van der Waals surface area contributed by atoms with Gasteiger partial charge in [0.05, 0.1) is 18.2 Å². The number of hydrogen-bond donors (Lipinski definition) is 1. The minimum Gasteiger partial charge on any atom is -0.507 e. The van der Waals surface area contributed by atoms with Gasteiger partial charge in [0.25, 0.3) is 11.7 Å². The van der Waals surface area contributed by atoms with Crippen LogP contribution in [0, 0.1) is 0 Å². The molecule has 1 N–H and O–H groups in total. The van der Waals surface area contributed by atoms with Gasteiger partial charge in [0.2, 0.25) is 0 Å². The molecule has 6 nitrogen and oxygen atoms in total. The maximum absolute atomic E-state index is 13.5. The van der Waals surface area contributed by atoms with Crippen LogP contribution in [0.15, 0.2) is 109 Å². The molecule has 0 radical (unpaired) electrons. The van der Waals surface area contributed by atoms with E-state index in [9.17, 15) is 14.7 Å². The van der Waals surface area contributed by atoms with Crippen LogP contribution in [0.5, 0.6) is 11.5 Å². The fourth-order valence-electron chi connectivity index (χ4n) is 5.08. The van der Waals surface area contributed by atoms with Crippen LogP contribution in [0.4, 0.5) is 5.69 Å². The van der Waals surface area contributed by atoms with Gasteiger partial charge in [-0.2, -0.15) is 0 Å². The van der Waals surface area contributed by atoms with Gasteiger partial charge in [-0.25, -0.2) is 0 Å². The first-order valence-electron chi connectivity index (χ1n) is 13.8. The predicted octanol–water partition coefficient (Wildman–Crippen LogP) is 7.41. The number of nitrogens with zero attached hydrogens (tertiary/aromatic N) is 1. The van der Waals surface area contributed by atoms with Crippen LogP contribution in [-0.4, -0.2) is 23.4 Å². The average molecular weight is 548 g/mol. The largest absolute Gasteiger partial charge is 0.507 e. The molecule has 41 heavy (non-hydrogen) atoms. The third kappa shape index (κ3) is 5.73. The minimum atomic E-state index is -0.824. The van der Waals surface area contributed by atoms with Crippen LogP contribution in [-0.2, 0) is 16.2 Å². The molecule has 1 aliphatic heterocycles. The Morgan fingerprint density at radius 3 is 2.15 bits per heavy atom. The first-order chi connectivity index (χ1) is 19.9. The molecule has 0 spiro atoms. The third-order valence-corrected chi connectivity index (χ3v) is 7.13. The molecule has 1 unspecified atom stereocenters. The number of aliphatic hydroxyl groups is 1. The van der Waals surface area contributed by atoms with E-state index in [-0.39, 0.29) is 17.3 Å². The standard InChI is InChI=1S/C35H33NO5/c1-4-40-30-20-17-26(21-29(30)23(2)3)33(37)31-32(36(35(39)34(31)38)27-13-9-6-10-14-27)25-15-18-28(19-16-25)41-22-24-11-7-5-8-12-24/h5-21,23,32,37H,4,22H2,1-3H3/b33-31-. The lowest BCUT2D eigenvalue weighted by Crippen LogP contribution is -2.29. The van der Waals surface area contributed by atoms with Crippen molar-refractivity contribution >= 4 is 23.1 Å². The van der Waals surface area contributed by atoms with Gasteiger partial charge < -0.3 is 14.6 Å². The lowest BCUT2D eigenvalue weighted by Gasteiger charge is -2.25. The summed E-state index contributed by atoms with van der Waals surface area (Å²) in [4.78, 5) is 28.5. The molecule has 1 saturated heterocycles. The first-order valence-corrected chi connectivity index (χ1v) is 13.8. The highest BCUT2D eigenvalue weighted by molar-refractivity contribution is 6.51. The quantitative estimate of drug-likeness (QED) is 0.134. The highest BCUT2D eigenvalue weighted by Gasteiger charge is 2.47. The monoisotopic (exact) mass is 547 g/mol. The summed E-state index contributed by atoms with van der Waals surface area (Å²) in [6.07, 6.45) is 0. The molecule has 0 aromatic heterocycles. The van der Waals surface area contributed by atoms with E-state index in [0.717, 1.165) is 16.9 Å². The molecule has 1 amide bonds. The summed E-state index contributed by atoms with van der Waals surface area (Å²) in [5, 5.41) is 11.6. The van der Waals surface area contributed by atoms with Crippen molar-refractivity contribution in [2.45, 2.75) is 39.3 Å². The molecular formula is C35H33NO5. The number of carbonyl (C=O) groups excluding carboxylic acids is 2. The van der Waals surface area contributed by atoms with Crippen LogP contribution in [0.2, 0.25) is 0 Å². The number of anilines is 1. The Hall–Kier alpha value is -4.84. The summed E-state index contributed by atoms with van der Waals surface area (Å²) >= 11 is 0. The second-order valence-electron chi connectivity index (χ2n) is 10.2. The van der Waals surface area contributed by atoms with Crippen LogP contribution in [0.1, 0.15) is 55.0 Å². The van der Waals surface area contributed by atoms with E-state index < -0.39 is 17.7 Å². The lowest BCUT2D eigenvalue weighted by atomic mass is 9.93. The molecule has 4 aromatic carbocycles. The summed E-state index contributed by atoms with van der Waals surface area (Å²) in [6.45, 7) is 6.92. The number of benzene rings is 4. The van der Waals surface area contributed by atoms with E-state index in [2.05, 4.69) is 0 Å². The maximum Gasteiger partial charge on any atom is 0.300 e. The summed E-state index contributed by atoms with van der Waals surface area (Å²) in [5.74, 6) is -0.145. The van der Waals surface area contributed by atoms with Crippen LogP contribution in [0.3, 0.4) is 0 Å². The second-order valence-corrected chi connectivity index (χ2v) is 10.2. The number of aliphatic hydroxyl groups excluding tert-OH is 1. The van der Waals surface area contributed by atoms with Gasteiger partial charge >= 0.3 is 0 Å². The third-order valence-electron chi connectivity index (χ3n) is 7.13. The fraction of sp³-hybridized carbons (Fsp3) is 0.200. The van der Waals surface area contributed by atoms with Crippen LogP contribution in [0.25, 0.3) is 5.76 Å². The van der Waals surface area contributed by atoms with Crippen LogP contribution < -0.4 is 14.4 Å². The highest BCUT2D eigenvalue weighted by Crippen LogP contribution is 2.43. The number of para-hydroxylation sites is 1. The summed E-state index contributed by atoms with van der Waals surface area (Å²) < 4.78 is 11.7. The van der Waals surface area contributed by atoms with E-state index in [4.69, 9.17) is 9.47 Å². The Labute approximate surface area is 240 Å². The fourth-order valence-corrected chi connectivity index (χ4v) is 5.08. The Morgan fingerprint density at radius 1 is 0.854 bits per heavy atom. The van der Waals surface area contributed by atoms with Crippen molar-refractivity contribution in [3.05, 3.63) is 131 Å². The summed E-state index contributed by atoms with van der Waals surface area (Å²) in [7, 11) is 0. The predicted molar refractivity (Wildman–Crippen MR) is 160 cm³/mol. The van der Waals surface area contributed by atoms with Crippen molar-refractivity contribution in [2.24, 2.45) is 0 Å². The first kappa shape index (κ1) is 27.7. The summed E-state index contributed by atoms with van der Waals surface area (Å²) in [6, 6.07) is 30.7. The topological polar surface area (TPSA) is 76.1 Å². The molecule has 1 atom stereocenters. The molecule has 1 fully saturated rings. The molecule has 0 aliphatic carbocycles. The molecule has 4 aromatic rings. The van der Waals surface area contributed by atoms with Gasteiger partial charge in [0.1, 0.15) is 23.9 Å². The number of ketones is 1. The average Bonchev–Trinajstić information content (AvgIpc) is 3.27. The molecular weight excluding hydrogens is 514 g/mol. The Morgan fingerprint density at radius 2 is 1.51 bits per heavy atom. The van der Waals surface area contributed by atoms with E-state index in [1.165, 1.54) is 4.90 Å². The van der Waals surface area contributed by atoms with E-state index in [0.29, 0.717) is 35.8 Å². The van der Waals surface area contributed by atoms with E-state index >= 15 is 0 Å². The van der Waals surface area contributed by atoms with Gasteiger partial charge in [-0.15, -0.1) is 0 Å². The number of Topliss-reactive ketones (excluding diaryl/α,β-unsaturated/α-hetero) is 1. The highest BCUT2D eigenvalue weighted by atomic mass is 16.5. The molecule has 1 heterocycles. The van der Waals surface area contributed by atoms with Gasteiger partial charge in [-0.05, 0) is 72.0 Å². The van der Waals surface area contributed by atoms with E-state index in [1.807, 2.05) is 99.6 Å². The Balaban J connectivity index is 1.57. The number of amides is 1. The van der Waals surface area contributed by atoms with Crippen LogP contribution >= 0.6 is 0 Å². The molecule has 6 heteroatoms. The SMILES string of the molecule is CCOc1ccc(/C(O)=C2/C(=O)C(=O)N(c3ccccc3)C2c2ccc(OCc3ccccc3)cc2)cc1C(C)C. The maximum atomic E-state index is 13.5. The number of ether oxygens (including phenoxy) is 2. The van der Waals surface area contributed by atoms with Crippen molar-refractivity contribution in [1.29, 1.82) is 0 Å². The van der Waals surface area contributed by atoms with Gasteiger partial charge in [-0.1, -0.05) is 74.5 Å². The summed E-state index contributed by atoms with van der Waals surface area (Å²) in [5.41, 5.74) is 3.69. The van der Waals surface area contributed by atoms with Gasteiger partial charge in [-0.3, -0.25) is 14.5 Å². The number of rotatable bonds is 9. The molecule has 208 valence electrons. The second kappa shape index (κ2) is 12.1. The smallest absolute Gasteiger partial charge is 0.300 e. The zero-order valence-corrected chi connectivity index (χ0v) is 23.4. The normalized spacial score (nSPS) is 16.3. The van der Waals surface area contributed by atoms with Crippen molar-refractivity contribution in [3.8, 4) is 11.5 Å². The van der Waals surface area contributed by atoms with Crippen molar-refractivity contribution in [1.82, 2.24) is 0 Å². The molecule has 1 aliphatic rings. The zero-order chi connectivity index (χ0) is 28.9. The van der Waals surface area contributed by atoms with Crippen molar-refractivity contribution in [3.63, 3.8) is 0 Å². The number of carbonyl (C=O) groups is 2. The Kier molecular flexibility index (Phi) is 8.20. The molecule has 0 bridgehead atoms. The lowest BCUT2D eigenvalue weighted by molar-refractivity contribution is -0.132.